The van der Waals surface area contributed by atoms with Crippen molar-refractivity contribution in [3.05, 3.63) is 12.7 Å². The number of rotatable bonds is 4. The molecule has 0 radical (unpaired) electrons. The predicted molar refractivity (Wildman–Crippen MR) is 65.4 cm³/mol. The van der Waals surface area contributed by atoms with Crippen molar-refractivity contribution < 1.29 is 27.6 Å². The van der Waals surface area contributed by atoms with Crippen LogP contribution in [0.2, 0.25) is 0 Å². The third-order valence-electron chi connectivity index (χ3n) is 3.26. The lowest BCUT2D eigenvalue weighted by Gasteiger charge is -2.47. The minimum Gasteiger partial charge on any atom is -0.393 e. The van der Waals surface area contributed by atoms with E-state index in [0.717, 1.165) is 6.26 Å². The Hall–Kier alpha value is -0.470. The topological polar surface area (TPSA) is 93.1 Å². The summed E-state index contributed by atoms with van der Waals surface area (Å²) in [7, 11) is -3.64. The average Bonchev–Trinajstić information content (AvgIpc) is 2.28. The van der Waals surface area contributed by atoms with E-state index in [2.05, 4.69) is 6.58 Å². The van der Waals surface area contributed by atoms with Gasteiger partial charge in [-0.05, 0) is 6.92 Å². The van der Waals surface area contributed by atoms with Crippen LogP contribution in [-0.4, -0.2) is 55.4 Å². The van der Waals surface area contributed by atoms with Gasteiger partial charge >= 0.3 is 0 Å². The SMILES string of the molecule is C=CC1(CO)OC(C)C(OS(C)(=O)=O)C(C)C1O. The van der Waals surface area contributed by atoms with E-state index in [9.17, 15) is 18.6 Å². The summed E-state index contributed by atoms with van der Waals surface area (Å²) in [5, 5.41) is 19.5. The number of hydrogen-bond acceptors (Lipinski definition) is 6. The van der Waals surface area contributed by atoms with Crippen LogP contribution in [0.4, 0.5) is 0 Å². The number of ether oxygens (including phenoxy) is 1. The Balaban J connectivity index is 3.00. The molecule has 1 rings (SSSR count). The van der Waals surface area contributed by atoms with Gasteiger partial charge in [0.25, 0.3) is 10.1 Å². The van der Waals surface area contributed by atoms with E-state index >= 15 is 0 Å². The molecule has 1 saturated heterocycles. The number of aliphatic hydroxyl groups excluding tert-OH is 2. The third kappa shape index (κ3) is 2.92. The Morgan fingerprint density at radius 1 is 1.50 bits per heavy atom. The molecule has 0 aromatic heterocycles. The van der Waals surface area contributed by atoms with E-state index in [0.29, 0.717) is 0 Å². The molecule has 0 aliphatic carbocycles. The van der Waals surface area contributed by atoms with Gasteiger partial charge in [-0.15, -0.1) is 6.58 Å². The second kappa shape index (κ2) is 5.26. The van der Waals surface area contributed by atoms with Crippen molar-refractivity contribution in [3.8, 4) is 0 Å². The van der Waals surface area contributed by atoms with Gasteiger partial charge < -0.3 is 14.9 Å². The molecular formula is C11H20O6S. The summed E-state index contributed by atoms with van der Waals surface area (Å²) in [5.74, 6) is -0.520. The van der Waals surface area contributed by atoms with Gasteiger partial charge in [-0.1, -0.05) is 13.0 Å². The van der Waals surface area contributed by atoms with Crippen LogP contribution in [0.25, 0.3) is 0 Å². The van der Waals surface area contributed by atoms with E-state index in [1.54, 1.807) is 13.8 Å². The summed E-state index contributed by atoms with van der Waals surface area (Å²) >= 11 is 0. The largest absolute Gasteiger partial charge is 0.393 e. The van der Waals surface area contributed by atoms with Gasteiger partial charge in [0.2, 0.25) is 0 Å². The molecule has 6 nitrogen and oxygen atoms in total. The standard InChI is InChI=1S/C11H20O6S/c1-5-11(6-12)10(13)7(2)9(8(3)16-11)17-18(4,14)15/h5,7-10,12-13H,1,6H2,2-4H3. The lowest BCUT2D eigenvalue weighted by atomic mass is 9.80. The monoisotopic (exact) mass is 280 g/mol. The van der Waals surface area contributed by atoms with Gasteiger partial charge in [-0.3, -0.25) is 4.18 Å². The van der Waals surface area contributed by atoms with E-state index in [1.807, 2.05) is 0 Å². The van der Waals surface area contributed by atoms with Crippen LogP contribution in [0.5, 0.6) is 0 Å². The quantitative estimate of drug-likeness (QED) is 0.541. The zero-order valence-corrected chi connectivity index (χ0v) is 11.6. The zero-order chi connectivity index (χ0) is 14.1. The Kier molecular flexibility index (Phi) is 4.56. The van der Waals surface area contributed by atoms with Gasteiger partial charge in [0.1, 0.15) is 11.7 Å². The van der Waals surface area contributed by atoms with Crippen LogP contribution in [0, 0.1) is 5.92 Å². The normalized spacial score (nSPS) is 41.6. The van der Waals surface area contributed by atoms with Gasteiger partial charge in [-0.25, -0.2) is 0 Å². The van der Waals surface area contributed by atoms with Crippen molar-refractivity contribution in [2.24, 2.45) is 5.92 Å². The average molecular weight is 280 g/mol. The Morgan fingerprint density at radius 2 is 2.06 bits per heavy atom. The molecule has 2 N–H and O–H groups in total. The summed E-state index contributed by atoms with van der Waals surface area (Å²) in [4.78, 5) is 0. The van der Waals surface area contributed by atoms with Crippen LogP contribution in [0.1, 0.15) is 13.8 Å². The Bertz CT molecular complexity index is 406. The van der Waals surface area contributed by atoms with Gasteiger partial charge in [0.15, 0.2) is 0 Å². The third-order valence-corrected chi connectivity index (χ3v) is 3.84. The molecule has 18 heavy (non-hydrogen) atoms. The molecule has 5 unspecified atom stereocenters. The summed E-state index contributed by atoms with van der Waals surface area (Å²) in [6.45, 7) is 6.39. The summed E-state index contributed by atoms with van der Waals surface area (Å²) in [6, 6.07) is 0. The van der Waals surface area contributed by atoms with Crippen LogP contribution < -0.4 is 0 Å². The molecule has 0 spiro atoms. The van der Waals surface area contributed by atoms with E-state index in [1.165, 1.54) is 6.08 Å². The highest BCUT2D eigenvalue weighted by Crippen LogP contribution is 2.36. The molecule has 0 amide bonds. The molecule has 0 aromatic rings. The first kappa shape index (κ1) is 15.6. The zero-order valence-electron chi connectivity index (χ0n) is 10.7. The first-order valence-corrected chi connectivity index (χ1v) is 7.47. The molecule has 1 heterocycles. The van der Waals surface area contributed by atoms with E-state index in [4.69, 9.17) is 8.92 Å². The molecule has 0 aromatic carbocycles. The Labute approximate surface area is 107 Å². The van der Waals surface area contributed by atoms with Crippen LogP contribution in [0.3, 0.4) is 0 Å². The van der Waals surface area contributed by atoms with Crippen molar-refractivity contribution in [2.45, 2.75) is 37.8 Å². The van der Waals surface area contributed by atoms with Crippen molar-refractivity contribution in [3.63, 3.8) is 0 Å². The minimum absolute atomic E-state index is 0.433. The lowest BCUT2D eigenvalue weighted by Crippen LogP contribution is -2.61. The predicted octanol–water partition coefficient (Wildman–Crippen LogP) is -0.336. The van der Waals surface area contributed by atoms with E-state index < -0.39 is 46.6 Å². The summed E-state index contributed by atoms with van der Waals surface area (Å²) in [5.41, 5.74) is -1.28. The highest BCUT2D eigenvalue weighted by molar-refractivity contribution is 7.86. The minimum atomic E-state index is -3.64. The van der Waals surface area contributed by atoms with Crippen LogP contribution in [0.15, 0.2) is 12.7 Å². The highest BCUT2D eigenvalue weighted by atomic mass is 32.2. The lowest BCUT2D eigenvalue weighted by molar-refractivity contribution is -0.228. The fourth-order valence-corrected chi connectivity index (χ4v) is 3.00. The molecule has 1 fully saturated rings. The van der Waals surface area contributed by atoms with Crippen LogP contribution >= 0.6 is 0 Å². The van der Waals surface area contributed by atoms with Gasteiger partial charge in [0.05, 0.1) is 25.1 Å². The second-order valence-corrected chi connectivity index (χ2v) is 6.31. The highest BCUT2D eigenvalue weighted by Gasteiger charge is 2.50. The molecule has 7 heteroatoms. The van der Waals surface area contributed by atoms with E-state index in [-0.39, 0.29) is 0 Å². The smallest absolute Gasteiger partial charge is 0.264 e. The Morgan fingerprint density at radius 3 is 2.44 bits per heavy atom. The molecule has 5 atom stereocenters. The fourth-order valence-electron chi connectivity index (χ4n) is 2.27. The fraction of sp³-hybridized carbons (Fsp3) is 0.818. The van der Waals surface area contributed by atoms with Crippen molar-refractivity contribution >= 4 is 10.1 Å². The molecule has 0 bridgehead atoms. The van der Waals surface area contributed by atoms with Gasteiger partial charge in [0, 0.05) is 5.92 Å². The molecule has 1 aliphatic rings. The molecule has 1 aliphatic heterocycles. The number of hydrogen-bond donors (Lipinski definition) is 2. The maximum absolute atomic E-state index is 11.2. The maximum Gasteiger partial charge on any atom is 0.264 e. The van der Waals surface area contributed by atoms with Crippen molar-refractivity contribution in [2.75, 3.05) is 12.9 Å². The molecule has 0 saturated carbocycles. The molecule has 106 valence electrons. The van der Waals surface area contributed by atoms with Gasteiger partial charge in [-0.2, -0.15) is 8.42 Å². The summed E-state index contributed by atoms with van der Waals surface area (Å²) in [6.07, 6.45) is -0.206. The van der Waals surface area contributed by atoms with Crippen molar-refractivity contribution in [1.29, 1.82) is 0 Å². The van der Waals surface area contributed by atoms with Crippen molar-refractivity contribution in [1.82, 2.24) is 0 Å². The summed E-state index contributed by atoms with van der Waals surface area (Å²) < 4.78 is 32.8. The first-order chi connectivity index (χ1) is 8.17. The van der Waals surface area contributed by atoms with Crippen LogP contribution in [-0.2, 0) is 19.0 Å². The number of aliphatic hydroxyl groups is 2. The maximum atomic E-state index is 11.2. The first-order valence-electron chi connectivity index (χ1n) is 5.65. The second-order valence-electron chi connectivity index (χ2n) is 4.71. The molecular weight excluding hydrogens is 260 g/mol.